The Morgan fingerprint density at radius 3 is 3.08 bits per heavy atom. The smallest absolute Gasteiger partial charge is 0.0634 e. The first kappa shape index (κ1) is 10.7. The molecule has 0 bridgehead atoms. The maximum absolute atomic E-state index is 5.90. The standard InChI is InChI=1S/C9H10BrClN2/c1-7(10)4-13-5-8-2-3-12-6-9(8)11/h2-3,6,13H,1,4-5H2. The highest BCUT2D eigenvalue weighted by Gasteiger charge is 1.98. The molecule has 0 radical (unpaired) electrons. The summed E-state index contributed by atoms with van der Waals surface area (Å²) in [6, 6.07) is 1.90. The van der Waals surface area contributed by atoms with Crippen molar-refractivity contribution in [2.75, 3.05) is 6.54 Å². The molecule has 0 saturated heterocycles. The molecule has 2 nitrogen and oxygen atoms in total. The minimum Gasteiger partial charge on any atom is -0.308 e. The minimum atomic E-state index is 0.690. The Morgan fingerprint density at radius 1 is 1.69 bits per heavy atom. The van der Waals surface area contributed by atoms with Gasteiger partial charge < -0.3 is 5.32 Å². The summed E-state index contributed by atoms with van der Waals surface area (Å²) in [5, 5.41) is 3.87. The van der Waals surface area contributed by atoms with E-state index in [1.807, 2.05) is 6.07 Å². The van der Waals surface area contributed by atoms with Crippen LogP contribution in [0.4, 0.5) is 0 Å². The van der Waals surface area contributed by atoms with E-state index in [1.165, 1.54) is 0 Å². The number of aromatic nitrogens is 1. The van der Waals surface area contributed by atoms with Crippen molar-refractivity contribution in [2.45, 2.75) is 6.54 Å². The molecule has 0 atom stereocenters. The number of pyridine rings is 1. The lowest BCUT2D eigenvalue weighted by Gasteiger charge is -2.04. The predicted molar refractivity (Wildman–Crippen MR) is 59.0 cm³/mol. The van der Waals surface area contributed by atoms with Crippen molar-refractivity contribution in [1.29, 1.82) is 0 Å². The van der Waals surface area contributed by atoms with Crippen molar-refractivity contribution in [3.63, 3.8) is 0 Å². The zero-order valence-electron chi connectivity index (χ0n) is 7.06. The van der Waals surface area contributed by atoms with Crippen LogP contribution in [0.3, 0.4) is 0 Å². The second-order valence-electron chi connectivity index (χ2n) is 2.59. The molecule has 1 aromatic heterocycles. The van der Waals surface area contributed by atoms with Crippen LogP contribution in [0.15, 0.2) is 29.5 Å². The Hall–Kier alpha value is -0.380. The molecule has 0 aliphatic carbocycles. The van der Waals surface area contributed by atoms with Gasteiger partial charge >= 0.3 is 0 Å². The summed E-state index contributed by atoms with van der Waals surface area (Å²) < 4.78 is 0.928. The number of rotatable bonds is 4. The van der Waals surface area contributed by atoms with E-state index in [0.717, 1.165) is 23.1 Å². The third kappa shape index (κ3) is 3.89. The summed E-state index contributed by atoms with van der Waals surface area (Å²) in [6.45, 7) is 5.18. The van der Waals surface area contributed by atoms with Gasteiger partial charge in [-0.2, -0.15) is 0 Å². The molecule has 0 saturated carbocycles. The largest absolute Gasteiger partial charge is 0.308 e. The van der Waals surface area contributed by atoms with Gasteiger partial charge in [0.1, 0.15) is 0 Å². The van der Waals surface area contributed by atoms with E-state index in [0.29, 0.717) is 5.02 Å². The fourth-order valence-corrected chi connectivity index (χ4v) is 1.26. The van der Waals surface area contributed by atoms with Crippen LogP contribution < -0.4 is 5.32 Å². The van der Waals surface area contributed by atoms with E-state index in [1.54, 1.807) is 12.4 Å². The van der Waals surface area contributed by atoms with Crippen molar-refractivity contribution < 1.29 is 0 Å². The van der Waals surface area contributed by atoms with E-state index in [4.69, 9.17) is 11.6 Å². The minimum absolute atomic E-state index is 0.690. The van der Waals surface area contributed by atoms with Gasteiger partial charge in [0, 0.05) is 30.0 Å². The molecule has 70 valence electrons. The van der Waals surface area contributed by atoms with Gasteiger partial charge in [0.25, 0.3) is 0 Å². The summed E-state index contributed by atoms with van der Waals surface area (Å²) in [5.74, 6) is 0. The van der Waals surface area contributed by atoms with Crippen molar-refractivity contribution >= 4 is 27.5 Å². The van der Waals surface area contributed by atoms with E-state index in [9.17, 15) is 0 Å². The van der Waals surface area contributed by atoms with Crippen molar-refractivity contribution in [1.82, 2.24) is 10.3 Å². The summed E-state index contributed by atoms with van der Waals surface area (Å²) in [4.78, 5) is 3.90. The van der Waals surface area contributed by atoms with Crippen LogP contribution in [-0.2, 0) is 6.54 Å². The van der Waals surface area contributed by atoms with Gasteiger partial charge in [-0.15, -0.1) is 0 Å². The fourth-order valence-electron chi connectivity index (χ4n) is 0.880. The molecule has 0 aromatic carbocycles. The van der Waals surface area contributed by atoms with E-state index in [2.05, 4.69) is 32.8 Å². The van der Waals surface area contributed by atoms with E-state index in [-0.39, 0.29) is 0 Å². The van der Waals surface area contributed by atoms with Crippen LogP contribution >= 0.6 is 27.5 Å². The van der Waals surface area contributed by atoms with Gasteiger partial charge in [-0.05, 0) is 11.6 Å². The van der Waals surface area contributed by atoms with Crippen LogP contribution in [0.5, 0.6) is 0 Å². The second kappa shape index (κ2) is 5.37. The van der Waals surface area contributed by atoms with Crippen LogP contribution in [0.1, 0.15) is 5.56 Å². The van der Waals surface area contributed by atoms with Crippen LogP contribution in [0.2, 0.25) is 5.02 Å². The molecule has 0 amide bonds. The van der Waals surface area contributed by atoms with Gasteiger partial charge in [-0.25, -0.2) is 0 Å². The Bertz CT molecular complexity index is 301. The molecule has 4 heteroatoms. The molecule has 0 aliphatic heterocycles. The van der Waals surface area contributed by atoms with Gasteiger partial charge in [-0.1, -0.05) is 34.1 Å². The number of hydrogen-bond donors (Lipinski definition) is 1. The average Bonchev–Trinajstić information content (AvgIpc) is 2.08. The molecule has 0 spiro atoms. The maximum Gasteiger partial charge on any atom is 0.0634 e. The van der Waals surface area contributed by atoms with Crippen molar-refractivity contribution in [3.05, 3.63) is 40.1 Å². The highest BCUT2D eigenvalue weighted by Crippen LogP contribution is 2.12. The van der Waals surface area contributed by atoms with E-state index < -0.39 is 0 Å². The first-order chi connectivity index (χ1) is 6.20. The molecule has 0 aliphatic rings. The lowest BCUT2D eigenvalue weighted by Crippen LogP contribution is -2.14. The maximum atomic E-state index is 5.90. The zero-order chi connectivity index (χ0) is 9.68. The average molecular weight is 262 g/mol. The molecule has 13 heavy (non-hydrogen) atoms. The SMILES string of the molecule is C=C(Br)CNCc1ccncc1Cl. The molecule has 1 aromatic rings. The summed E-state index contributed by atoms with van der Waals surface area (Å²) >= 11 is 9.17. The van der Waals surface area contributed by atoms with Crippen molar-refractivity contribution in [2.24, 2.45) is 0 Å². The second-order valence-corrected chi connectivity index (χ2v) is 4.12. The predicted octanol–water partition coefficient (Wildman–Crippen LogP) is 2.73. The molecular weight excluding hydrogens is 251 g/mol. The summed E-state index contributed by atoms with van der Waals surface area (Å²) in [6.07, 6.45) is 3.37. The number of nitrogens with zero attached hydrogens (tertiary/aromatic N) is 1. The lowest BCUT2D eigenvalue weighted by molar-refractivity contribution is 0.756. The van der Waals surface area contributed by atoms with Gasteiger partial charge in [0.2, 0.25) is 0 Å². The fraction of sp³-hybridized carbons (Fsp3) is 0.222. The highest BCUT2D eigenvalue weighted by atomic mass is 79.9. The molecule has 0 unspecified atom stereocenters. The zero-order valence-corrected chi connectivity index (χ0v) is 9.40. The number of nitrogens with one attached hydrogen (secondary N) is 1. The van der Waals surface area contributed by atoms with Gasteiger partial charge in [0.15, 0.2) is 0 Å². The van der Waals surface area contributed by atoms with E-state index >= 15 is 0 Å². The normalized spacial score (nSPS) is 10.0. The van der Waals surface area contributed by atoms with Gasteiger partial charge in [0.05, 0.1) is 5.02 Å². The topological polar surface area (TPSA) is 24.9 Å². The monoisotopic (exact) mass is 260 g/mol. The quantitative estimate of drug-likeness (QED) is 0.901. The van der Waals surface area contributed by atoms with Gasteiger partial charge in [-0.3, -0.25) is 4.98 Å². The number of hydrogen-bond acceptors (Lipinski definition) is 2. The lowest BCUT2D eigenvalue weighted by atomic mass is 10.3. The Balaban J connectivity index is 2.45. The summed E-state index contributed by atoms with van der Waals surface area (Å²) in [7, 11) is 0. The summed E-state index contributed by atoms with van der Waals surface area (Å²) in [5.41, 5.74) is 1.05. The molecule has 1 N–H and O–H groups in total. The van der Waals surface area contributed by atoms with Crippen LogP contribution in [0, 0.1) is 0 Å². The van der Waals surface area contributed by atoms with Crippen LogP contribution in [0.25, 0.3) is 0 Å². The molecular formula is C9H10BrClN2. The first-order valence-corrected chi connectivity index (χ1v) is 4.99. The van der Waals surface area contributed by atoms with Crippen molar-refractivity contribution in [3.8, 4) is 0 Å². The molecule has 1 heterocycles. The third-order valence-corrected chi connectivity index (χ3v) is 2.11. The van der Waals surface area contributed by atoms with Crippen LogP contribution in [-0.4, -0.2) is 11.5 Å². The number of halogens is 2. The Labute approximate surface area is 91.1 Å². The first-order valence-electron chi connectivity index (χ1n) is 3.82. The third-order valence-electron chi connectivity index (χ3n) is 1.49. The Morgan fingerprint density at radius 2 is 2.46 bits per heavy atom. The Kier molecular flexibility index (Phi) is 4.42. The highest BCUT2D eigenvalue weighted by molar-refractivity contribution is 9.11. The molecule has 0 fully saturated rings. The molecule has 1 rings (SSSR count).